The van der Waals surface area contributed by atoms with Crippen LogP contribution in [-0.4, -0.2) is 49.5 Å². The van der Waals surface area contributed by atoms with Crippen molar-refractivity contribution >= 4 is 15.9 Å². The maximum Gasteiger partial charge on any atom is 0.317 e. The van der Waals surface area contributed by atoms with Crippen LogP contribution in [0, 0.1) is 5.41 Å². The Bertz CT molecular complexity index is 454. The first-order valence-corrected chi connectivity index (χ1v) is 9.52. The van der Waals surface area contributed by atoms with Crippen molar-refractivity contribution in [3.8, 4) is 0 Å². The van der Waals surface area contributed by atoms with Crippen LogP contribution in [0.5, 0.6) is 0 Å². The number of carbonyl (C=O) groups is 1. The zero-order valence-corrected chi connectivity index (χ0v) is 14.8. The zero-order valence-electron chi connectivity index (χ0n) is 14.0. The number of nitrogens with one attached hydrogen (secondary N) is 1. The first kappa shape index (κ1) is 18.3. The lowest BCUT2D eigenvalue weighted by molar-refractivity contribution is 0.178. The lowest BCUT2D eigenvalue weighted by Gasteiger charge is -2.37. The molecular weight excluding hydrogens is 288 g/mol. The van der Waals surface area contributed by atoms with Crippen molar-refractivity contribution in [2.75, 3.05) is 18.8 Å². The number of amides is 2. The number of hydrogen-bond acceptors (Lipinski definition) is 3. The average Bonchev–Trinajstić information content (AvgIpc) is 2.34. The molecule has 0 aromatic heterocycles. The van der Waals surface area contributed by atoms with Gasteiger partial charge in [0.15, 0.2) is 9.84 Å². The molecule has 1 N–H and O–H groups in total. The Balaban J connectivity index is 2.36. The highest BCUT2D eigenvalue weighted by Crippen LogP contribution is 2.21. The second-order valence-electron chi connectivity index (χ2n) is 7.26. The third kappa shape index (κ3) is 5.49. The molecule has 1 saturated heterocycles. The van der Waals surface area contributed by atoms with Gasteiger partial charge in [-0.05, 0) is 32.1 Å². The lowest BCUT2D eigenvalue weighted by atomic mass is 9.90. The molecule has 2 atom stereocenters. The van der Waals surface area contributed by atoms with Crippen molar-refractivity contribution in [1.82, 2.24) is 10.2 Å². The minimum atomic E-state index is -3.04. The van der Waals surface area contributed by atoms with Crippen LogP contribution in [0.25, 0.3) is 0 Å². The summed E-state index contributed by atoms with van der Waals surface area (Å²) in [5.74, 6) is 0.0654. The van der Waals surface area contributed by atoms with E-state index < -0.39 is 15.1 Å². The van der Waals surface area contributed by atoms with Crippen molar-refractivity contribution in [2.24, 2.45) is 5.41 Å². The molecule has 21 heavy (non-hydrogen) atoms. The highest BCUT2D eigenvalue weighted by Gasteiger charge is 2.37. The number of unbranched alkanes of at least 4 members (excludes halogenated alkanes) is 1. The molecule has 6 heteroatoms. The van der Waals surface area contributed by atoms with Gasteiger partial charge in [0.05, 0.1) is 11.0 Å². The van der Waals surface area contributed by atoms with Gasteiger partial charge in [0.2, 0.25) is 0 Å². The lowest BCUT2D eigenvalue weighted by Crippen LogP contribution is -2.56. The van der Waals surface area contributed by atoms with Gasteiger partial charge in [0, 0.05) is 19.1 Å². The van der Waals surface area contributed by atoms with Crippen molar-refractivity contribution < 1.29 is 13.2 Å². The third-order valence-corrected chi connectivity index (χ3v) is 6.52. The average molecular weight is 318 g/mol. The van der Waals surface area contributed by atoms with Gasteiger partial charge in [-0.2, -0.15) is 0 Å². The van der Waals surface area contributed by atoms with E-state index in [2.05, 4.69) is 26.1 Å². The number of urea groups is 1. The summed E-state index contributed by atoms with van der Waals surface area (Å²) < 4.78 is 23.6. The predicted molar refractivity (Wildman–Crippen MR) is 86.1 cm³/mol. The number of rotatable bonds is 4. The van der Waals surface area contributed by atoms with E-state index in [1.807, 2.05) is 0 Å². The van der Waals surface area contributed by atoms with E-state index in [4.69, 9.17) is 0 Å². The van der Waals surface area contributed by atoms with Gasteiger partial charge in [-0.3, -0.25) is 0 Å². The molecule has 0 aromatic rings. The minimum Gasteiger partial charge on any atom is -0.338 e. The fourth-order valence-electron chi connectivity index (χ4n) is 2.53. The number of sulfone groups is 1. The van der Waals surface area contributed by atoms with Crippen LogP contribution in [0.3, 0.4) is 0 Å². The van der Waals surface area contributed by atoms with Gasteiger partial charge in [-0.1, -0.05) is 27.2 Å². The summed E-state index contributed by atoms with van der Waals surface area (Å²) in [7, 11) is -3.04. The monoisotopic (exact) mass is 318 g/mol. The van der Waals surface area contributed by atoms with E-state index in [1.165, 1.54) is 0 Å². The summed E-state index contributed by atoms with van der Waals surface area (Å²) in [5, 5.41) is 2.42. The van der Waals surface area contributed by atoms with Gasteiger partial charge < -0.3 is 10.2 Å². The van der Waals surface area contributed by atoms with Crippen LogP contribution >= 0.6 is 0 Å². The Morgan fingerprint density at radius 2 is 1.86 bits per heavy atom. The maximum absolute atomic E-state index is 12.1. The van der Waals surface area contributed by atoms with Gasteiger partial charge in [-0.25, -0.2) is 13.2 Å². The summed E-state index contributed by atoms with van der Waals surface area (Å²) in [6.07, 6.45) is 3.18. The normalized spacial score (nSPS) is 25.7. The Morgan fingerprint density at radius 1 is 1.24 bits per heavy atom. The minimum absolute atomic E-state index is 0.0654. The Kier molecular flexibility index (Phi) is 6.08. The van der Waals surface area contributed by atoms with E-state index in [9.17, 15) is 13.2 Å². The second-order valence-corrected chi connectivity index (χ2v) is 9.73. The van der Waals surface area contributed by atoms with Crippen LogP contribution in [0.1, 0.15) is 53.9 Å². The molecule has 1 aliphatic rings. The molecule has 0 unspecified atom stereocenters. The van der Waals surface area contributed by atoms with E-state index in [-0.39, 0.29) is 17.8 Å². The van der Waals surface area contributed by atoms with Crippen LogP contribution in [0.2, 0.25) is 0 Å². The zero-order chi connectivity index (χ0) is 16.3. The molecule has 0 spiro atoms. The predicted octanol–water partition coefficient (Wildman–Crippen LogP) is 2.42. The molecular formula is C15H30N2O3S. The van der Waals surface area contributed by atoms with E-state index in [0.29, 0.717) is 18.5 Å². The summed E-state index contributed by atoms with van der Waals surface area (Å²) in [6.45, 7) is 11.1. The molecule has 0 saturated carbocycles. The van der Waals surface area contributed by atoms with Crippen molar-refractivity contribution in [3.63, 3.8) is 0 Å². The highest BCUT2D eigenvalue weighted by molar-refractivity contribution is 7.92. The van der Waals surface area contributed by atoms with Gasteiger partial charge in [0.1, 0.15) is 0 Å². The standard InChI is InChI=1S/C15H30N2O3S/c1-12-13(2)21(19,20)11-10-17(12)14(18)16-9-7-6-8-15(3,4)5/h12-13H,6-11H2,1-5H3,(H,16,18)/t12-,13+/m1/s1. The smallest absolute Gasteiger partial charge is 0.317 e. The van der Waals surface area contributed by atoms with E-state index >= 15 is 0 Å². The fourth-order valence-corrected chi connectivity index (χ4v) is 4.10. The molecule has 1 rings (SSSR count). The molecule has 124 valence electrons. The molecule has 0 radical (unpaired) electrons. The maximum atomic E-state index is 12.1. The van der Waals surface area contributed by atoms with Crippen LogP contribution in [0.15, 0.2) is 0 Å². The first-order valence-electron chi connectivity index (χ1n) is 7.81. The quantitative estimate of drug-likeness (QED) is 0.810. The molecule has 1 aliphatic heterocycles. The topological polar surface area (TPSA) is 66.5 Å². The van der Waals surface area contributed by atoms with Crippen LogP contribution in [0.4, 0.5) is 4.79 Å². The molecule has 0 aromatic carbocycles. The van der Waals surface area contributed by atoms with Crippen LogP contribution < -0.4 is 5.32 Å². The SMILES string of the molecule is C[C@@H]1[C@H](C)S(=O)(=O)CCN1C(=O)NCCCCC(C)(C)C. The second kappa shape index (κ2) is 6.99. The largest absolute Gasteiger partial charge is 0.338 e. The molecule has 2 amide bonds. The highest BCUT2D eigenvalue weighted by atomic mass is 32.2. The summed E-state index contributed by atoms with van der Waals surface area (Å²) >= 11 is 0. The van der Waals surface area contributed by atoms with Crippen LogP contribution in [-0.2, 0) is 9.84 Å². The van der Waals surface area contributed by atoms with Gasteiger partial charge in [0.25, 0.3) is 0 Å². The Morgan fingerprint density at radius 3 is 2.43 bits per heavy atom. The van der Waals surface area contributed by atoms with Crippen molar-refractivity contribution in [3.05, 3.63) is 0 Å². The number of carbonyl (C=O) groups excluding carboxylic acids is 1. The first-order chi connectivity index (χ1) is 9.54. The summed E-state index contributed by atoms with van der Waals surface area (Å²) in [5.41, 5.74) is 0.329. The molecule has 0 bridgehead atoms. The summed E-state index contributed by atoms with van der Waals surface area (Å²) in [4.78, 5) is 13.8. The molecule has 1 heterocycles. The van der Waals surface area contributed by atoms with E-state index in [1.54, 1.807) is 18.7 Å². The molecule has 5 nitrogen and oxygen atoms in total. The molecule has 0 aliphatic carbocycles. The third-order valence-electron chi connectivity index (χ3n) is 4.24. The van der Waals surface area contributed by atoms with Gasteiger partial charge in [-0.15, -0.1) is 0 Å². The molecule has 1 fully saturated rings. The van der Waals surface area contributed by atoms with Crippen molar-refractivity contribution in [1.29, 1.82) is 0 Å². The van der Waals surface area contributed by atoms with Gasteiger partial charge >= 0.3 is 6.03 Å². The number of hydrogen-bond donors (Lipinski definition) is 1. The Hall–Kier alpha value is -0.780. The Labute approximate surface area is 129 Å². The summed E-state index contributed by atoms with van der Waals surface area (Å²) in [6, 6.07) is -0.404. The van der Waals surface area contributed by atoms with E-state index in [0.717, 1.165) is 19.3 Å². The fraction of sp³-hybridized carbons (Fsp3) is 0.933. The number of nitrogens with zero attached hydrogens (tertiary/aromatic N) is 1. The van der Waals surface area contributed by atoms with Crippen molar-refractivity contribution in [2.45, 2.75) is 65.2 Å².